The van der Waals surface area contributed by atoms with Crippen molar-refractivity contribution in [2.45, 2.75) is 6.42 Å². The number of rotatable bonds is 2. The molecule has 20 heavy (non-hydrogen) atoms. The standard InChI is InChI=1S/C13H18N4O2S/c1-20(18,19)17-7-3-6-16(8-9-17)13-5-2-4-12-11(13)10-14-15-12/h2,4-5,10H,3,6-9H2,1H3,(H,14,15). The zero-order chi connectivity index (χ0) is 14.2. The Labute approximate surface area is 118 Å². The van der Waals surface area contributed by atoms with Crippen LogP contribution in [0.2, 0.25) is 0 Å². The molecule has 1 aliphatic heterocycles. The monoisotopic (exact) mass is 294 g/mol. The maximum absolute atomic E-state index is 11.6. The van der Waals surface area contributed by atoms with Crippen molar-refractivity contribution in [3.8, 4) is 0 Å². The van der Waals surface area contributed by atoms with Gasteiger partial charge >= 0.3 is 0 Å². The van der Waals surface area contributed by atoms with Gasteiger partial charge in [-0.25, -0.2) is 12.7 Å². The van der Waals surface area contributed by atoms with Crippen molar-refractivity contribution in [1.82, 2.24) is 14.5 Å². The third kappa shape index (κ3) is 2.51. The molecule has 0 radical (unpaired) electrons. The van der Waals surface area contributed by atoms with E-state index >= 15 is 0 Å². The molecule has 3 rings (SSSR count). The summed E-state index contributed by atoms with van der Waals surface area (Å²) in [7, 11) is -3.10. The number of hydrogen-bond acceptors (Lipinski definition) is 4. The number of aromatic nitrogens is 2. The Bertz CT molecular complexity index is 710. The van der Waals surface area contributed by atoms with Crippen LogP contribution in [-0.4, -0.2) is 55.4 Å². The van der Waals surface area contributed by atoms with Gasteiger partial charge in [-0.3, -0.25) is 5.10 Å². The molecule has 1 aromatic carbocycles. The molecule has 108 valence electrons. The molecule has 0 aliphatic carbocycles. The Morgan fingerprint density at radius 3 is 2.85 bits per heavy atom. The van der Waals surface area contributed by atoms with E-state index in [9.17, 15) is 8.42 Å². The van der Waals surface area contributed by atoms with Gasteiger partial charge in [0.05, 0.1) is 18.0 Å². The Kier molecular flexibility index (Phi) is 3.39. The van der Waals surface area contributed by atoms with Gasteiger partial charge < -0.3 is 4.90 Å². The van der Waals surface area contributed by atoms with E-state index in [-0.39, 0.29) is 0 Å². The van der Waals surface area contributed by atoms with Crippen LogP contribution >= 0.6 is 0 Å². The van der Waals surface area contributed by atoms with Crippen molar-refractivity contribution >= 4 is 26.6 Å². The number of anilines is 1. The molecule has 0 saturated carbocycles. The van der Waals surface area contributed by atoms with Crippen LogP contribution in [-0.2, 0) is 10.0 Å². The molecule has 0 unspecified atom stereocenters. The molecule has 2 aromatic rings. The third-order valence-corrected chi connectivity index (χ3v) is 5.03. The van der Waals surface area contributed by atoms with Crippen molar-refractivity contribution in [3.63, 3.8) is 0 Å². The van der Waals surface area contributed by atoms with Gasteiger partial charge in [-0.05, 0) is 18.6 Å². The predicted octanol–water partition coefficient (Wildman–Crippen LogP) is 1.03. The number of H-pyrrole nitrogens is 1. The number of sulfonamides is 1. The molecule has 7 heteroatoms. The van der Waals surface area contributed by atoms with Gasteiger partial charge in [0, 0.05) is 37.3 Å². The first-order valence-corrected chi connectivity index (χ1v) is 8.53. The van der Waals surface area contributed by atoms with Gasteiger partial charge in [0.15, 0.2) is 0 Å². The minimum Gasteiger partial charge on any atom is -0.370 e. The molecule has 1 saturated heterocycles. The topological polar surface area (TPSA) is 69.3 Å². The summed E-state index contributed by atoms with van der Waals surface area (Å²) in [5.74, 6) is 0. The van der Waals surface area contributed by atoms with E-state index in [0.29, 0.717) is 19.6 Å². The van der Waals surface area contributed by atoms with Crippen LogP contribution in [0.5, 0.6) is 0 Å². The fourth-order valence-corrected chi connectivity index (χ4v) is 3.57. The van der Waals surface area contributed by atoms with Crippen molar-refractivity contribution in [1.29, 1.82) is 0 Å². The molecule has 0 bridgehead atoms. The van der Waals surface area contributed by atoms with Gasteiger partial charge in [0.2, 0.25) is 10.0 Å². The molecule has 1 N–H and O–H groups in total. The summed E-state index contributed by atoms with van der Waals surface area (Å²) in [6.07, 6.45) is 3.94. The predicted molar refractivity (Wildman–Crippen MR) is 79.3 cm³/mol. The molecule has 6 nitrogen and oxygen atoms in total. The average molecular weight is 294 g/mol. The molecular formula is C13H18N4O2S. The molecule has 0 spiro atoms. The van der Waals surface area contributed by atoms with Crippen LogP contribution in [0, 0.1) is 0 Å². The van der Waals surface area contributed by atoms with E-state index in [1.807, 2.05) is 18.3 Å². The molecule has 2 heterocycles. The van der Waals surface area contributed by atoms with Crippen molar-refractivity contribution in [2.75, 3.05) is 37.3 Å². The molecular weight excluding hydrogens is 276 g/mol. The number of nitrogens with one attached hydrogen (secondary N) is 1. The number of nitrogens with zero attached hydrogens (tertiary/aromatic N) is 3. The van der Waals surface area contributed by atoms with Crippen molar-refractivity contribution < 1.29 is 8.42 Å². The lowest BCUT2D eigenvalue weighted by Gasteiger charge is -2.23. The highest BCUT2D eigenvalue weighted by Gasteiger charge is 2.22. The minimum absolute atomic E-state index is 0.535. The van der Waals surface area contributed by atoms with E-state index in [1.54, 1.807) is 4.31 Å². The zero-order valence-corrected chi connectivity index (χ0v) is 12.2. The number of fused-ring (bicyclic) bond motifs is 1. The van der Waals surface area contributed by atoms with E-state index in [2.05, 4.69) is 21.2 Å². The fraction of sp³-hybridized carbons (Fsp3) is 0.462. The maximum Gasteiger partial charge on any atom is 0.211 e. The molecule has 1 aliphatic rings. The van der Waals surface area contributed by atoms with Crippen LogP contribution in [0.3, 0.4) is 0 Å². The summed E-state index contributed by atoms with van der Waals surface area (Å²) in [6.45, 7) is 2.69. The lowest BCUT2D eigenvalue weighted by atomic mass is 10.2. The zero-order valence-electron chi connectivity index (χ0n) is 11.4. The van der Waals surface area contributed by atoms with Gasteiger partial charge in [0.25, 0.3) is 0 Å². The van der Waals surface area contributed by atoms with Crippen molar-refractivity contribution in [2.24, 2.45) is 0 Å². The quantitative estimate of drug-likeness (QED) is 0.898. The third-order valence-electron chi connectivity index (χ3n) is 3.73. The summed E-state index contributed by atoms with van der Waals surface area (Å²) in [5.41, 5.74) is 2.12. The van der Waals surface area contributed by atoms with E-state index in [0.717, 1.165) is 29.6 Å². The number of benzene rings is 1. The SMILES string of the molecule is CS(=O)(=O)N1CCCN(c2cccc3[nH]ncc23)CC1. The number of hydrogen-bond donors (Lipinski definition) is 1. The first-order chi connectivity index (χ1) is 9.55. The minimum atomic E-state index is -3.10. The van der Waals surface area contributed by atoms with Crippen LogP contribution < -0.4 is 4.90 Å². The molecule has 0 atom stereocenters. The number of aromatic amines is 1. The molecule has 0 amide bonds. The lowest BCUT2D eigenvalue weighted by molar-refractivity contribution is 0.437. The van der Waals surface area contributed by atoms with Crippen LogP contribution in [0.4, 0.5) is 5.69 Å². The smallest absolute Gasteiger partial charge is 0.211 e. The molecule has 1 fully saturated rings. The van der Waals surface area contributed by atoms with Crippen LogP contribution in [0.25, 0.3) is 10.9 Å². The normalized spacial score (nSPS) is 18.4. The molecule has 1 aromatic heterocycles. The highest BCUT2D eigenvalue weighted by atomic mass is 32.2. The van der Waals surface area contributed by atoms with Gasteiger partial charge in [-0.15, -0.1) is 0 Å². The lowest BCUT2D eigenvalue weighted by Crippen LogP contribution is -2.34. The first-order valence-electron chi connectivity index (χ1n) is 6.68. The van der Waals surface area contributed by atoms with Crippen LogP contribution in [0.15, 0.2) is 24.4 Å². The summed E-state index contributed by atoms with van der Waals surface area (Å²) >= 11 is 0. The largest absolute Gasteiger partial charge is 0.370 e. The van der Waals surface area contributed by atoms with E-state index in [1.165, 1.54) is 6.26 Å². The maximum atomic E-state index is 11.6. The van der Waals surface area contributed by atoms with Gasteiger partial charge in [0.1, 0.15) is 0 Å². The van der Waals surface area contributed by atoms with E-state index < -0.39 is 10.0 Å². The second-order valence-corrected chi connectivity index (χ2v) is 7.09. The Balaban J connectivity index is 1.87. The van der Waals surface area contributed by atoms with E-state index in [4.69, 9.17) is 0 Å². The van der Waals surface area contributed by atoms with Gasteiger partial charge in [-0.1, -0.05) is 6.07 Å². The fourth-order valence-electron chi connectivity index (χ4n) is 2.69. The Morgan fingerprint density at radius 2 is 2.05 bits per heavy atom. The first kappa shape index (κ1) is 13.4. The summed E-state index contributed by atoms with van der Waals surface area (Å²) in [5, 5.41) is 8.12. The Morgan fingerprint density at radius 1 is 1.20 bits per heavy atom. The van der Waals surface area contributed by atoms with Gasteiger partial charge in [-0.2, -0.15) is 5.10 Å². The Hall–Kier alpha value is -1.60. The summed E-state index contributed by atoms with van der Waals surface area (Å²) in [6, 6.07) is 6.05. The van der Waals surface area contributed by atoms with Crippen LogP contribution in [0.1, 0.15) is 6.42 Å². The summed E-state index contributed by atoms with van der Waals surface area (Å²) in [4.78, 5) is 2.24. The second kappa shape index (κ2) is 5.06. The highest BCUT2D eigenvalue weighted by Crippen LogP contribution is 2.26. The second-order valence-electron chi connectivity index (χ2n) is 5.11. The summed E-state index contributed by atoms with van der Waals surface area (Å²) < 4.78 is 24.8. The highest BCUT2D eigenvalue weighted by molar-refractivity contribution is 7.88. The van der Waals surface area contributed by atoms with Crippen molar-refractivity contribution in [3.05, 3.63) is 24.4 Å². The average Bonchev–Trinajstić information content (AvgIpc) is 2.73.